The van der Waals surface area contributed by atoms with Crippen molar-refractivity contribution < 1.29 is 4.52 Å². The van der Waals surface area contributed by atoms with Gasteiger partial charge in [-0.15, -0.1) is 0 Å². The van der Waals surface area contributed by atoms with Crippen LogP contribution in [0.25, 0.3) is 0 Å². The Balaban J connectivity index is 2.44. The molecule has 0 aliphatic carbocycles. The lowest BCUT2D eigenvalue weighted by atomic mass is 10.4. The number of likely N-dealkylation sites (N-methyl/N-ethyl adjacent to an activating group) is 1. The van der Waals surface area contributed by atoms with Crippen molar-refractivity contribution in [3.8, 4) is 0 Å². The van der Waals surface area contributed by atoms with Crippen molar-refractivity contribution in [1.82, 2.24) is 15.5 Å². The number of aromatic nitrogens is 2. The average Bonchev–Trinajstić information content (AvgIpc) is 2.48. The summed E-state index contributed by atoms with van der Waals surface area (Å²) in [6.45, 7) is 2.89. The minimum absolute atomic E-state index is 0.719. The summed E-state index contributed by atoms with van der Waals surface area (Å²) in [4.78, 5) is 4.15. The number of nitrogens with zero attached hydrogens (tertiary/aromatic N) is 2. The molecule has 1 N–H and O–H groups in total. The topological polar surface area (TPSA) is 51.0 Å². The third-order valence-corrected chi connectivity index (χ3v) is 1.42. The predicted molar refractivity (Wildman–Crippen MR) is 41.3 cm³/mol. The normalized spacial score (nSPS) is 10.4. The van der Waals surface area contributed by atoms with E-state index in [1.54, 1.807) is 0 Å². The Hall–Kier alpha value is -0.900. The first kappa shape index (κ1) is 8.20. The molecule has 0 aromatic carbocycles. The van der Waals surface area contributed by atoms with Gasteiger partial charge >= 0.3 is 0 Å². The van der Waals surface area contributed by atoms with E-state index in [-0.39, 0.29) is 0 Å². The van der Waals surface area contributed by atoms with Crippen LogP contribution in [0.5, 0.6) is 0 Å². The Morgan fingerprint density at radius 1 is 1.55 bits per heavy atom. The first-order valence-corrected chi connectivity index (χ1v) is 3.83. The second-order valence-corrected chi connectivity index (χ2v) is 2.31. The summed E-state index contributed by atoms with van der Waals surface area (Å²) in [5.74, 6) is 1.51. The molecule has 0 aliphatic rings. The van der Waals surface area contributed by atoms with Gasteiger partial charge in [-0.25, -0.2) is 0 Å². The lowest BCUT2D eigenvalue weighted by Gasteiger charge is -1.90. The molecule has 1 aromatic rings. The van der Waals surface area contributed by atoms with Gasteiger partial charge in [0.05, 0.1) is 0 Å². The van der Waals surface area contributed by atoms with Gasteiger partial charge in [0.1, 0.15) is 0 Å². The summed E-state index contributed by atoms with van der Waals surface area (Å²) in [7, 11) is 1.90. The number of rotatable bonds is 4. The van der Waals surface area contributed by atoms with E-state index < -0.39 is 0 Å². The fraction of sp³-hybridized carbons (Fsp3) is 0.714. The quantitative estimate of drug-likeness (QED) is 0.683. The number of nitrogens with one attached hydrogen (secondary N) is 1. The standard InChI is InChI=1S/C7H13N3O/c1-3-6-9-7(11-10-6)4-5-8-2/h8H,3-5H2,1-2H3. The monoisotopic (exact) mass is 155 g/mol. The van der Waals surface area contributed by atoms with Crippen LogP contribution >= 0.6 is 0 Å². The Kier molecular flexibility index (Phi) is 3.04. The zero-order valence-corrected chi connectivity index (χ0v) is 6.92. The maximum absolute atomic E-state index is 4.96. The molecule has 0 unspecified atom stereocenters. The molecule has 0 amide bonds. The van der Waals surface area contributed by atoms with Gasteiger partial charge in [-0.1, -0.05) is 12.1 Å². The first-order chi connectivity index (χ1) is 5.36. The predicted octanol–water partition coefficient (Wildman–Crippen LogP) is 0.394. The summed E-state index contributed by atoms with van der Waals surface area (Å²) >= 11 is 0. The van der Waals surface area contributed by atoms with Crippen LogP contribution in [0.4, 0.5) is 0 Å². The van der Waals surface area contributed by atoms with Gasteiger partial charge in [0, 0.05) is 19.4 Å². The second kappa shape index (κ2) is 4.08. The van der Waals surface area contributed by atoms with Crippen LogP contribution in [-0.2, 0) is 12.8 Å². The Labute approximate surface area is 66.0 Å². The third kappa shape index (κ3) is 2.31. The van der Waals surface area contributed by atoms with Crippen LogP contribution < -0.4 is 5.32 Å². The van der Waals surface area contributed by atoms with E-state index in [1.807, 2.05) is 14.0 Å². The molecule has 0 bridgehead atoms. The van der Waals surface area contributed by atoms with E-state index in [2.05, 4.69) is 15.5 Å². The molecule has 0 saturated heterocycles. The molecule has 0 aliphatic heterocycles. The molecular weight excluding hydrogens is 142 g/mol. The lowest BCUT2D eigenvalue weighted by Crippen LogP contribution is -2.10. The van der Waals surface area contributed by atoms with Crippen molar-refractivity contribution in [3.63, 3.8) is 0 Å². The van der Waals surface area contributed by atoms with Crippen molar-refractivity contribution in [2.24, 2.45) is 0 Å². The molecule has 1 heterocycles. The molecule has 1 rings (SSSR count). The maximum atomic E-state index is 4.96. The Bertz CT molecular complexity index is 209. The van der Waals surface area contributed by atoms with Crippen LogP contribution in [0.3, 0.4) is 0 Å². The summed E-state index contributed by atoms with van der Waals surface area (Å²) in [5.41, 5.74) is 0. The van der Waals surface area contributed by atoms with E-state index in [0.717, 1.165) is 31.1 Å². The molecule has 0 spiro atoms. The summed E-state index contributed by atoms with van der Waals surface area (Å²) in [6, 6.07) is 0. The van der Waals surface area contributed by atoms with Gasteiger partial charge in [0.25, 0.3) is 0 Å². The SMILES string of the molecule is CCc1noc(CCNC)n1. The number of hydrogen-bond donors (Lipinski definition) is 1. The zero-order valence-electron chi connectivity index (χ0n) is 6.92. The number of aryl methyl sites for hydroxylation is 1. The minimum atomic E-state index is 0.719. The lowest BCUT2D eigenvalue weighted by molar-refractivity contribution is 0.372. The molecule has 0 radical (unpaired) electrons. The highest BCUT2D eigenvalue weighted by atomic mass is 16.5. The fourth-order valence-electron chi connectivity index (χ4n) is 0.767. The van der Waals surface area contributed by atoms with Gasteiger partial charge < -0.3 is 9.84 Å². The Morgan fingerprint density at radius 3 is 2.91 bits per heavy atom. The molecule has 0 saturated carbocycles. The van der Waals surface area contributed by atoms with Crippen molar-refractivity contribution in [2.45, 2.75) is 19.8 Å². The molecule has 4 heteroatoms. The fourth-order valence-corrected chi connectivity index (χ4v) is 0.767. The smallest absolute Gasteiger partial charge is 0.227 e. The van der Waals surface area contributed by atoms with Crippen molar-refractivity contribution >= 4 is 0 Å². The molecule has 1 aromatic heterocycles. The second-order valence-electron chi connectivity index (χ2n) is 2.31. The highest BCUT2D eigenvalue weighted by Crippen LogP contribution is 1.97. The average molecular weight is 155 g/mol. The van der Waals surface area contributed by atoms with Crippen LogP contribution in [0.2, 0.25) is 0 Å². The van der Waals surface area contributed by atoms with Gasteiger partial charge in [-0.05, 0) is 7.05 Å². The van der Waals surface area contributed by atoms with Gasteiger partial charge in [0.15, 0.2) is 5.82 Å². The largest absolute Gasteiger partial charge is 0.339 e. The van der Waals surface area contributed by atoms with Crippen LogP contribution in [0, 0.1) is 0 Å². The van der Waals surface area contributed by atoms with Crippen LogP contribution in [0.1, 0.15) is 18.6 Å². The van der Waals surface area contributed by atoms with Crippen LogP contribution in [0.15, 0.2) is 4.52 Å². The summed E-state index contributed by atoms with van der Waals surface area (Å²) < 4.78 is 4.96. The minimum Gasteiger partial charge on any atom is -0.339 e. The molecule has 0 atom stereocenters. The highest BCUT2D eigenvalue weighted by Gasteiger charge is 2.01. The van der Waals surface area contributed by atoms with Gasteiger partial charge in [-0.2, -0.15) is 4.98 Å². The zero-order chi connectivity index (χ0) is 8.10. The summed E-state index contributed by atoms with van der Waals surface area (Å²) in [6.07, 6.45) is 1.65. The van der Waals surface area contributed by atoms with E-state index in [9.17, 15) is 0 Å². The third-order valence-electron chi connectivity index (χ3n) is 1.42. The summed E-state index contributed by atoms with van der Waals surface area (Å²) in [5, 5.41) is 6.79. The Morgan fingerprint density at radius 2 is 2.36 bits per heavy atom. The van der Waals surface area contributed by atoms with Gasteiger partial charge in [-0.3, -0.25) is 0 Å². The van der Waals surface area contributed by atoms with Crippen molar-refractivity contribution in [3.05, 3.63) is 11.7 Å². The van der Waals surface area contributed by atoms with Crippen molar-refractivity contribution in [1.29, 1.82) is 0 Å². The van der Waals surface area contributed by atoms with Gasteiger partial charge in [0.2, 0.25) is 5.89 Å². The molecular formula is C7H13N3O. The van der Waals surface area contributed by atoms with Crippen molar-refractivity contribution in [2.75, 3.05) is 13.6 Å². The highest BCUT2D eigenvalue weighted by molar-refractivity contribution is 4.85. The molecule has 62 valence electrons. The van der Waals surface area contributed by atoms with E-state index >= 15 is 0 Å². The van der Waals surface area contributed by atoms with Crippen LogP contribution in [-0.4, -0.2) is 23.7 Å². The molecule has 0 fully saturated rings. The first-order valence-electron chi connectivity index (χ1n) is 3.83. The maximum Gasteiger partial charge on any atom is 0.227 e. The van der Waals surface area contributed by atoms with E-state index in [0.29, 0.717) is 0 Å². The molecule has 11 heavy (non-hydrogen) atoms. The molecule has 4 nitrogen and oxygen atoms in total. The van der Waals surface area contributed by atoms with E-state index in [1.165, 1.54) is 0 Å². The number of hydrogen-bond acceptors (Lipinski definition) is 4. The van der Waals surface area contributed by atoms with E-state index in [4.69, 9.17) is 4.52 Å².